The Balaban J connectivity index is 1.31. The van der Waals surface area contributed by atoms with Gasteiger partial charge in [0.25, 0.3) is 5.91 Å². The van der Waals surface area contributed by atoms with Crippen LogP contribution in [0.1, 0.15) is 66.5 Å². The molecular weight excluding hydrogens is 623 g/mol. The van der Waals surface area contributed by atoms with E-state index in [1.807, 2.05) is 6.92 Å². The fraction of sp³-hybridized carbons (Fsp3) is 0.382. The second-order valence-electron chi connectivity index (χ2n) is 11.6. The van der Waals surface area contributed by atoms with Crippen molar-refractivity contribution in [3.05, 3.63) is 69.9 Å². The van der Waals surface area contributed by atoms with E-state index in [0.717, 1.165) is 36.2 Å². The number of aromatic nitrogens is 1. The minimum Gasteiger partial charge on any atom is -0.497 e. The van der Waals surface area contributed by atoms with Crippen molar-refractivity contribution >= 4 is 46.5 Å². The summed E-state index contributed by atoms with van der Waals surface area (Å²) < 4.78 is 19.0. The number of hydrogen-bond donors (Lipinski definition) is 3. The summed E-state index contributed by atoms with van der Waals surface area (Å²) in [6, 6.07) is 10.0. The number of benzene rings is 2. The van der Waals surface area contributed by atoms with Gasteiger partial charge in [-0.2, -0.15) is 0 Å². The van der Waals surface area contributed by atoms with E-state index < -0.39 is 11.9 Å². The Morgan fingerprint density at radius 3 is 2.64 bits per heavy atom. The Morgan fingerprint density at radius 2 is 1.96 bits per heavy atom. The summed E-state index contributed by atoms with van der Waals surface area (Å²) in [4.78, 5) is 59.5. The number of urea groups is 1. The molecule has 3 heterocycles. The lowest BCUT2D eigenvalue weighted by Gasteiger charge is -2.28. The van der Waals surface area contributed by atoms with Gasteiger partial charge in [0.05, 0.1) is 18.8 Å². The minimum atomic E-state index is -0.864. The third-order valence-corrected chi connectivity index (χ3v) is 9.09. The van der Waals surface area contributed by atoms with Crippen LogP contribution in [-0.4, -0.2) is 65.4 Å². The molecule has 0 bridgehead atoms. The number of hydrogen-bond acceptors (Lipinski definition) is 7. The van der Waals surface area contributed by atoms with Gasteiger partial charge in [-0.05, 0) is 55.9 Å². The van der Waals surface area contributed by atoms with E-state index in [4.69, 9.17) is 11.2 Å². The number of anilines is 2. The number of rotatable bonds is 13. The van der Waals surface area contributed by atoms with Crippen LogP contribution in [0.15, 0.2) is 47.8 Å². The van der Waals surface area contributed by atoms with Gasteiger partial charge >= 0.3 is 6.03 Å². The average Bonchev–Trinajstić information content (AvgIpc) is 3.77. The average molecular weight is 661 g/mol. The highest BCUT2D eigenvalue weighted by atomic mass is 32.1. The van der Waals surface area contributed by atoms with Gasteiger partial charge in [-0.25, -0.2) is 14.2 Å². The molecule has 11 nitrogen and oxygen atoms in total. The van der Waals surface area contributed by atoms with Crippen molar-refractivity contribution in [1.29, 1.82) is 0 Å². The molecule has 2 fully saturated rings. The predicted molar refractivity (Wildman–Crippen MR) is 177 cm³/mol. The van der Waals surface area contributed by atoms with Crippen LogP contribution < -0.4 is 25.6 Å². The summed E-state index contributed by atoms with van der Waals surface area (Å²) in [5, 5.41) is 10.5. The van der Waals surface area contributed by atoms with Crippen LogP contribution in [0.3, 0.4) is 0 Å². The highest BCUT2D eigenvalue weighted by Crippen LogP contribution is 2.33. The fourth-order valence-electron chi connectivity index (χ4n) is 5.86. The van der Waals surface area contributed by atoms with Crippen LogP contribution in [0.2, 0.25) is 0 Å². The summed E-state index contributed by atoms with van der Waals surface area (Å²) in [6.07, 6.45) is 9.32. The van der Waals surface area contributed by atoms with Gasteiger partial charge in [-0.15, -0.1) is 17.8 Å². The van der Waals surface area contributed by atoms with Crippen molar-refractivity contribution in [1.82, 2.24) is 20.5 Å². The van der Waals surface area contributed by atoms with E-state index in [9.17, 15) is 23.6 Å². The van der Waals surface area contributed by atoms with Gasteiger partial charge in [0.2, 0.25) is 11.8 Å². The fourth-order valence-corrected chi connectivity index (χ4v) is 6.45. The van der Waals surface area contributed by atoms with Crippen LogP contribution in [-0.2, 0) is 16.1 Å². The molecule has 0 aliphatic carbocycles. The van der Waals surface area contributed by atoms with Crippen molar-refractivity contribution < 1.29 is 28.3 Å². The van der Waals surface area contributed by atoms with Crippen LogP contribution in [0.4, 0.5) is 20.6 Å². The van der Waals surface area contributed by atoms with Gasteiger partial charge in [-0.1, -0.05) is 25.0 Å². The normalized spacial score (nSPS) is 18.8. The molecule has 13 heteroatoms. The molecule has 0 spiro atoms. The molecule has 3 N–H and O–H groups in total. The summed E-state index contributed by atoms with van der Waals surface area (Å²) in [5.41, 5.74) is 1.62. The summed E-state index contributed by atoms with van der Waals surface area (Å²) >= 11 is 1.15. The van der Waals surface area contributed by atoms with E-state index in [2.05, 4.69) is 26.9 Å². The number of methoxy groups -OCH3 is 1. The number of thiazole rings is 1. The van der Waals surface area contributed by atoms with Crippen molar-refractivity contribution in [2.45, 2.75) is 70.1 Å². The zero-order chi connectivity index (χ0) is 33.5. The first-order chi connectivity index (χ1) is 22.6. The van der Waals surface area contributed by atoms with Crippen LogP contribution in [0.5, 0.6) is 5.75 Å². The second kappa shape index (κ2) is 15.1. The van der Waals surface area contributed by atoms with Crippen molar-refractivity contribution in [2.24, 2.45) is 0 Å². The van der Waals surface area contributed by atoms with Crippen molar-refractivity contribution in [3.8, 4) is 18.1 Å². The zero-order valence-corrected chi connectivity index (χ0v) is 27.1. The second-order valence-corrected chi connectivity index (χ2v) is 12.5. The molecule has 2 aliphatic heterocycles. The lowest BCUT2D eigenvalue weighted by molar-refractivity contribution is -0.129. The SMILES string of the molecule is C#Cc1nc(C(=O)N(c2cc(NC(=O)CCCCC[C@H]3NC(=O)N[C@H]3C)cc(OC)c2)[C@H]2CCN(Cc3ccc(F)cc3)C2=O)cs1. The maximum atomic E-state index is 14.0. The van der Waals surface area contributed by atoms with E-state index in [1.54, 1.807) is 40.6 Å². The topological polar surface area (TPSA) is 133 Å². The Morgan fingerprint density at radius 1 is 1.17 bits per heavy atom. The first kappa shape index (κ1) is 33.4. The number of ether oxygens (including phenoxy) is 1. The smallest absolute Gasteiger partial charge is 0.315 e. The van der Waals surface area contributed by atoms with Gasteiger partial charge in [-0.3, -0.25) is 19.3 Å². The maximum absolute atomic E-state index is 14.0. The lowest BCUT2D eigenvalue weighted by atomic mass is 10.0. The number of carbonyl (C=O) groups excluding carboxylic acids is 4. The van der Waals surface area contributed by atoms with E-state index in [1.165, 1.54) is 24.1 Å². The third-order valence-electron chi connectivity index (χ3n) is 8.32. The van der Waals surface area contributed by atoms with Crippen LogP contribution in [0, 0.1) is 18.2 Å². The van der Waals surface area contributed by atoms with E-state index in [-0.39, 0.29) is 54.4 Å². The van der Waals surface area contributed by atoms with Crippen LogP contribution >= 0.6 is 11.3 Å². The summed E-state index contributed by atoms with van der Waals surface area (Å²) in [7, 11) is 1.48. The largest absolute Gasteiger partial charge is 0.497 e. The van der Waals surface area contributed by atoms with E-state index >= 15 is 0 Å². The molecule has 0 saturated carbocycles. The number of halogens is 1. The number of unbranched alkanes of at least 4 members (excludes halogenated alkanes) is 2. The predicted octanol–water partition coefficient (Wildman–Crippen LogP) is 4.68. The number of nitrogens with one attached hydrogen (secondary N) is 3. The van der Waals surface area contributed by atoms with E-state index in [0.29, 0.717) is 41.5 Å². The molecule has 2 aromatic carbocycles. The molecule has 5 rings (SSSR count). The molecule has 3 atom stereocenters. The molecule has 246 valence electrons. The van der Waals surface area contributed by atoms with Gasteiger partial charge in [0, 0.05) is 48.8 Å². The van der Waals surface area contributed by atoms with Gasteiger partial charge in [0.15, 0.2) is 5.01 Å². The first-order valence-electron chi connectivity index (χ1n) is 15.5. The number of terminal acetylenes is 1. The highest BCUT2D eigenvalue weighted by Gasteiger charge is 2.40. The summed E-state index contributed by atoms with van der Waals surface area (Å²) in [5.74, 6) is 1.46. The molecule has 1 aromatic heterocycles. The monoisotopic (exact) mass is 660 g/mol. The Kier molecular flexibility index (Phi) is 10.7. The first-order valence-corrected chi connectivity index (χ1v) is 16.4. The summed E-state index contributed by atoms with van der Waals surface area (Å²) in [6.45, 7) is 2.61. The minimum absolute atomic E-state index is 0.0757. The molecule has 5 amide bonds. The number of amides is 5. The third kappa shape index (κ3) is 8.26. The number of nitrogens with zero attached hydrogens (tertiary/aromatic N) is 3. The number of carbonyl (C=O) groups is 4. The molecule has 3 aromatic rings. The van der Waals surface area contributed by atoms with Crippen molar-refractivity contribution in [3.63, 3.8) is 0 Å². The molecule has 47 heavy (non-hydrogen) atoms. The van der Waals surface area contributed by atoms with Gasteiger partial charge in [0.1, 0.15) is 23.3 Å². The molecule has 0 radical (unpaired) electrons. The standard InChI is InChI=1S/C34H37FN6O5S/c1-4-31-38-28(20-47-31)32(43)41(29-14-15-40(33(29)44)19-22-10-12-23(35)13-11-22)25-16-24(17-26(18-25)46-3)37-30(42)9-7-5-6-8-27-21(2)36-34(45)39-27/h1,10-13,16-18,20-21,27,29H,5-9,14-15,19H2,2-3H3,(H,37,42)(H2,36,39,45)/t21-,27+,29-/m0/s1. The Hall–Kier alpha value is -4.96. The molecule has 2 saturated heterocycles. The Bertz CT molecular complexity index is 1670. The maximum Gasteiger partial charge on any atom is 0.315 e. The quantitative estimate of drug-likeness (QED) is 0.180. The van der Waals surface area contributed by atoms with Crippen LogP contribution in [0.25, 0.3) is 0 Å². The van der Waals surface area contributed by atoms with Gasteiger partial charge < -0.3 is 25.6 Å². The molecule has 2 aliphatic rings. The zero-order valence-electron chi connectivity index (χ0n) is 26.3. The lowest BCUT2D eigenvalue weighted by Crippen LogP contribution is -2.45. The molecule has 0 unspecified atom stereocenters. The highest BCUT2D eigenvalue weighted by molar-refractivity contribution is 7.10. The Labute approximate surface area is 276 Å². The number of likely N-dealkylation sites (tertiary alicyclic amines) is 1. The molecular formula is C34H37FN6O5S. The van der Waals surface area contributed by atoms with Crippen molar-refractivity contribution in [2.75, 3.05) is 23.9 Å².